The minimum absolute atomic E-state index is 0.192. The number of methoxy groups -OCH3 is 1. The van der Waals surface area contributed by atoms with Crippen LogP contribution in [-0.2, 0) is 14.4 Å². The second-order valence-electron chi connectivity index (χ2n) is 21.0. The lowest BCUT2D eigenvalue weighted by atomic mass is 9.96. The third-order valence-corrected chi connectivity index (χ3v) is 16.0. The number of anilines is 5. The van der Waals surface area contributed by atoms with Gasteiger partial charge >= 0.3 is 0 Å². The van der Waals surface area contributed by atoms with Crippen LogP contribution >= 0.6 is 0 Å². The molecule has 80 heavy (non-hydrogen) atoms. The van der Waals surface area contributed by atoms with Gasteiger partial charge in [0.15, 0.2) is 5.69 Å². The van der Waals surface area contributed by atoms with Crippen molar-refractivity contribution in [3.8, 4) is 17.2 Å². The fraction of sp³-hybridized carbons (Fsp3) is 0.379. The van der Waals surface area contributed by atoms with E-state index < -0.39 is 46.8 Å². The minimum Gasteiger partial charge on any atom is -0.495 e. The van der Waals surface area contributed by atoms with Crippen molar-refractivity contribution in [1.29, 1.82) is 0 Å². The molecule has 4 N–H and O–H groups in total. The quantitative estimate of drug-likeness (QED) is 0.0704. The van der Waals surface area contributed by atoms with Crippen molar-refractivity contribution < 1.29 is 42.6 Å². The zero-order valence-corrected chi connectivity index (χ0v) is 44.6. The Morgan fingerprint density at radius 2 is 1.40 bits per heavy atom. The van der Waals surface area contributed by atoms with Crippen LogP contribution in [0.5, 0.6) is 17.2 Å². The summed E-state index contributed by atoms with van der Waals surface area (Å²) >= 11 is 0. The number of fused-ring (bicyclic) bond motifs is 2. The average Bonchev–Trinajstić information content (AvgIpc) is 4.34. The van der Waals surface area contributed by atoms with Crippen LogP contribution in [0.25, 0.3) is 10.9 Å². The third-order valence-electron chi connectivity index (χ3n) is 16.0. The fourth-order valence-electron chi connectivity index (χ4n) is 11.2. The molecule has 1 atom stereocenters. The molecule has 1 saturated carbocycles. The highest BCUT2D eigenvalue weighted by Crippen LogP contribution is 2.48. The summed E-state index contributed by atoms with van der Waals surface area (Å²) in [5.41, 5.74) is 8.51. The van der Waals surface area contributed by atoms with Crippen molar-refractivity contribution >= 4 is 75.0 Å². The number of amides is 6. The maximum atomic E-state index is 13.7. The van der Waals surface area contributed by atoms with Gasteiger partial charge < -0.3 is 45.4 Å². The third kappa shape index (κ3) is 10.9. The number of piperazine rings is 2. The molecule has 1 unspecified atom stereocenters. The van der Waals surface area contributed by atoms with Crippen LogP contribution in [0.3, 0.4) is 0 Å². The molecule has 4 fully saturated rings. The zero-order valence-electron chi connectivity index (χ0n) is 44.6. The summed E-state index contributed by atoms with van der Waals surface area (Å²) < 4.78 is 25.6. The summed E-state index contributed by atoms with van der Waals surface area (Å²) in [4.78, 5) is 99.7. The Morgan fingerprint density at radius 1 is 0.738 bits per heavy atom. The van der Waals surface area contributed by atoms with Crippen molar-refractivity contribution in [1.82, 2.24) is 34.9 Å². The molecule has 6 heterocycles. The monoisotopic (exact) mass is 1090 g/mol. The van der Waals surface area contributed by atoms with E-state index in [1.807, 2.05) is 25.1 Å². The van der Waals surface area contributed by atoms with Gasteiger partial charge in [-0.2, -0.15) is 0 Å². The second-order valence-corrected chi connectivity index (χ2v) is 21.0. The average molecular weight is 1090 g/mol. The van der Waals surface area contributed by atoms with E-state index in [4.69, 9.17) is 15.2 Å². The predicted octanol–water partition coefficient (Wildman–Crippen LogP) is 5.97. The number of hydrogen-bond donors (Lipinski definition) is 3. The first kappa shape index (κ1) is 53.2. The van der Waals surface area contributed by atoms with Crippen LogP contribution in [0.4, 0.5) is 33.1 Å². The Morgan fingerprint density at radius 3 is 2.02 bits per heavy atom. The van der Waals surface area contributed by atoms with Gasteiger partial charge in [-0.05, 0) is 123 Å². The van der Waals surface area contributed by atoms with Gasteiger partial charge in [0.1, 0.15) is 34.5 Å². The lowest BCUT2D eigenvalue weighted by Crippen LogP contribution is -2.49. The number of aromatic nitrogens is 4. The Hall–Kier alpha value is -8.79. The maximum Gasteiger partial charge on any atom is 0.276 e. The molecule has 6 amide bonds. The Bertz CT molecular complexity index is 3340. The van der Waals surface area contributed by atoms with Crippen molar-refractivity contribution in [3.63, 3.8) is 0 Å². The number of rotatable bonds is 17. The summed E-state index contributed by atoms with van der Waals surface area (Å²) in [5.74, 6) is -0.439. The van der Waals surface area contributed by atoms with E-state index in [0.717, 1.165) is 80.3 Å². The van der Waals surface area contributed by atoms with Gasteiger partial charge in [-0.25, -0.2) is 9.37 Å². The van der Waals surface area contributed by atoms with Gasteiger partial charge in [0.05, 0.1) is 35.6 Å². The lowest BCUT2D eigenvalue weighted by Gasteiger charge is -2.39. The van der Waals surface area contributed by atoms with E-state index in [9.17, 15) is 33.2 Å². The lowest BCUT2D eigenvalue weighted by molar-refractivity contribution is -0.131. The molecule has 11 rings (SSSR count). The second kappa shape index (κ2) is 22.5. The number of ether oxygens (including phenoxy) is 2. The topological polar surface area (TPSA) is 242 Å². The number of nitrogens with zero attached hydrogens (tertiary/aromatic N) is 10. The summed E-state index contributed by atoms with van der Waals surface area (Å²) in [7, 11) is 1.61. The number of primary amides is 1. The van der Waals surface area contributed by atoms with Crippen molar-refractivity contribution in [3.05, 3.63) is 120 Å². The van der Waals surface area contributed by atoms with E-state index in [2.05, 4.69) is 50.4 Å². The zero-order chi connectivity index (χ0) is 55.7. The number of imide groups is 1. The molecule has 21 nitrogen and oxygen atoms in total. The van der Waals surface area contributed by atoms with Crippen LogP contribution in [0.2, 0.25) is 0 Å². The van der Waals surface area contributed by atoms with E-state index in [0.29, 0.717) is 109 Å². The largest absolute Gasteiger partial charge is 0.495 e. The number of benzene rings is 4. The molecule has 0 radical (unpaired) electrons. The first-order valence-corrected chi connectivity index (χ1v) is 27.2. The highest BCUT2D eigenvalue weighted by Gasteiger charge is 2.56. The smallest absolute Gasteiger partial charge is 0.276 e. The number of nitrogens with two attached hydrogens (primary N) is 1. The van der Waals surface area contributed by atoms with Gasteiger partial charge in [-0.1, -0.05) is 13.3 Å². The van der Waals surface area contributed by atoms with Crippen molar-refractivity contribution in [2.75, 3.05) is 104 Å². The first-order chi connectivity index (χ1) is 38.8. The number of nitrogens with one attached hydrogen (secondary N) is 2. The van der Waals surface area contributed by atoms with Gasteiger partial charge in [-0.15, -0.1) is 10.2 Å². The van der Waals surface area contributed by atoms with E-state index in [1.54, 1.807) is 60.7 Å². The highest BCUT2D eigenvalue weighted by atomic mass is 19.1. The van der Waals surface area contributed by atoms with Crippen LogP contribution in [0, 0.1) is 17.2 Å². The Labute approximate surface area is 461 Å². The van der Waals surface area contributed by atoms with E-state index in [-0.39, 0.29) is 11.6 Å². The summed E-state index contributed by atoms with van der Waals surface area (Å²) in [6.45, 7) is 9.66. The molecule has 6 aromatic rings. The number of hydrogen-bond acceptors (Lipinski definition) is 16. The van der Waals surface area contributed by atoms with Gasteiger partial charge in [0, 0.05) is 101 Å². The number of carbonyl (C=O) groups is 6. The molecular weight excluding hydrogens is 1030 g/mol. The molecular formula is C58H62FN13O8. The summed E-state index contributed by atoms with van der Waals surface area (Å²) in [6.07, 6.45) is 6.88. The van der Waals surface area contributed by atoms with Crippen LogP contribution in [0.15, 0.2) is 97.3 Å². The fourth-order valence-corrected chi connectivity index (χ4v) is 11.2. The number of piperidine rings is 1. The molecule has 414 valence electrons. The molecule has 0 bridgehead atoms. The van der Waals surface area contributed by atoms with E-state index >= 15 is 0 Å². The number of carbonyl (C=O) groups excluding carboxylic acids is 6. The van der Waals surface area contributed by atoms with Gasteiger partial charge in [-0.3, -0.25) is 43.6 Å². The van der Waals surface area contributed by atoms with Crippen LogP contribution in [0.1, 0.15) is 76.7 Å². The van der Waals surface area contributed by atoms with Crippen molar-refractivity contribution in [2.24, 2.45) is 17.1 Å². The Balaban J connectivity index is 0.630. The Kier molecular flexibility index (Phi) is 15.0. The summed E-state index contributed by atoms with van der Waals surface area (Å²) in [6, 6.07) is 22.2. The maximum absolute atomic E-state index is 13.7. The molecule has 5 aliphatic rings. The van der Waals surface area contributed by atoms with Crippen molar-refractivity contribution in [2.45, 2.75) is 51.5 Å². The number of pyridine rings is 1. The minimum atomic E-state index is -1.19. The summed E-state index contributed by atoms with van der Waals surface area (Å²) in [5, 5.41) is 15.0. The molecule has 0 spiro atoms. The van der Waals surface area contributed by atoms with Crippen LogP contribution < -0.4 is 40.5 Å². The molecule has 4 aromatic carbocycles. The molecule has 3 saturated heterocycles. The SMILES string of the molecule is CCCC(C(N)=O)N1C(=O)c2ccc(N3CCN(CC4CCN(c5ncc(C(=O)N6CCN(c7cc8nccc(Oc9ccc(NC(=O)C%10(C(=O)Nc%11ccc(F)cc%11)CC%10)cc9)c8cc7OC)CC6)nn5)CC4)CC3)cc2C1=O. The highest BCUT2D eigenvalue weighted by molar-refractivity contribution is 6.23. The van der Waals surface area contributed by atoms with Crippen LogP contribution in [-0.4, -0.2) is 155 Å². The van der Waals surface area contributed by atoms with Gasteiger partial charge in [0.25, 0.3) is 17.7 Å². The normalized spacial score (nSPS) is 17.8. The molecule has 1 aliphatic carbocycles. The predicted molar refractivity (Wildman–Crippen MR) is 297 cm³/mol. The number of halogens is 1. The molecule has 2 aromatic heterocycles. The first-order valence-electron chi connectivity index (χ1n) is 27.2. The van der Waals surface area contributed by atoms with Gasteiger partial charge in [0.2, 0.25) is 23.7 Å². The molecule has 4 aliphatic heterocycles. The van der Waals surface area contributed by atoms with E-state index in [1.165, 1.54) is 30.5 Å². The standard InChI is InChI=1S/C58H62FN13O8/c1-3-4-47(51(60)73)72-52(74)42-14-11-40(31-43(42)53(72)75)68-25-23-67(24-26-68)35-36-16-21-71(22-17-36)57-62-34-46(65-66-57)54(76)70-29-27-69(28-30-70)48-33-45-44(32-50(48)79-2)49(15-20-61-45)80-41-12-9-39(10-13-41)64-56(78)58(18-19-58)55(77)63-38-7-5-37(59)6-8-38/h5-15,20,31-34,36,47H,3-4,16-19,21-30,35H2,1-2H3,(H2,60,73)(H,63,77)(H,64,78). The molecule has 22 heteroatoms.